The molecule has 5 heteroatoms. The van der Waals surface area contributed by atoms with Gasteiger partial charge in [0, 0.05) is 11.8 Å². The Balaban J connectivity index is 1.82. The fraction of sp³-hybridized carbons (Fsp3) is 0.158. The van der Waals surface area contributed by atoms with Crippen molar-refractivity contribution in [2.45, 2.75) is 13.3 Å². The highest BCUT2D eigenvalue weighted by atomic mass is 16.5. The van der Waals surface area contributed by atoms with E-state index in [1.807, 2.05) is 48.5 Å². The fourth-order valence-electron chi connectivity index (χ4n) is 2.47. The number of aryl methyl sites for hydroxylation is 1. The minimum atomic E-state index is 0.700. The van der Waals surface area contributed by atoms with Gasteiger partial charge in [0.1, 0.15) is 23.7 Å². The Morgan fingerprint density at radius 1 is 0.875 bits per heavy atom. The number of aromatic nitrogens is 2. The molecule has 0 spiro atoms. The maximum Gasteiger partial charge on any atom is 0.142 e. The lowest BCUT2D eigenvalue weighted by atomic mass is 10.1. The van der Waals surface area contributed by atoms with Crippen molar-refractivity contribution in [3.8, 4) is 5.75 Å². The quantitative estimate of drug-likeness (QED) is 0.698. The first kappa shape index (κ1) is 15.8. The molecule has 0 fully saturated rings. The minimum absolute atomic E-state index is 0.700. The van der Waals surface area contributed by atoms with Crippen LogP contribution in [0.1, 0.15) is 12.5 Å². The summed E-state index contributed by atoms with van der Waals surface area (Å²) >= 11 is 0. The van der Waals surface area contributed by atoms with Crippen LogP contribution >= 0.6 is 0 Å². The van der Waals surface area contributed by atoms with E-state index in [1.54, 1.807) is 7.11 Å². The van der Waals surface area contributed by atoms with Gasteiger partial charge < -0.3 is 15.4 Å². The number of nitrogens with one attached hydrogen (secondary N) is 2. The Bertz CT molecular complexity index is 755. The van der Waals surface area contributed by atoms with Crippen molar-refractivity contribution in [2.24, 2.45) is 0 Å². The van der Waals surface area contributed by atoms with Crippen molar-refractivity contribution < 1.29 is 4.74 Å². The molecule has 2 aromatic carbocycles. The normalized spacial score (nSPS) is 10.2. The van der Waals surface area contributed by atoms with Gasteiger partial charge in [-0.1, -0.05) is 37.3 Å². The molecule has 0 amide bonds. The van der Waals surface area contributed by atoms with Crippen LogP contribution in [0, 0.1) is 0 Å². The molecule has 24 heavy (non-hydrogen) atoms. The fourth-order valence-corrected chi connectivity index (χ4v) is 2.47. The van der Waals surface area contributed by atoms with Crippen molar-refractivity contribution in [3.63, 3.8) is 0 Å². The topological polar surface area (TPSA) is 59.1 Å². The molecule has 0 aliphatic rings. The molecule has 3 rings (SSSR count). The Hall–Kier alpha value is -3.08. The number of methoxy groups -OCH3 is 1. The predicted molar refractivity (Wildman–Crippen MR) is 97.4 cm³/mol. The molecular formula is C19H20N4O. The van der Waals surface area contributed by atoms with E-state index in [2.05, 4.69) is 33.6 Å². The first-order valence-electron chi connectivity index (χ1n) is 7.87. The summed E-state index contributed by atoms with van der Waals surface area (Å²) in [4.78, 5) is 8.58. The highest BCUT2D eigenvalue weighted by Gasteiger charge is 2.05. The molecular weight excluding hydrogens is 300 g/mol. The summed E-state index contributed by atoms with van der Waals surface area (Å²) in [7, 11) is 1.65. The summed E-state index contributed by atoms with van der Waals surface area (Å²) in [6.45, 7) is 2.13. The van der Waals surface area contributed by atoms with Crippen LogP contribution in [0.2, 0.25) is 0 Å². The van der Waals surface area contributed by atoms with E-state index < -0.39 is 0 Å². The summed E-state index contributed by atoms with van der Waals surface area (Å²) in [5, 5.41) is 6.62. The number of anilines is 4. The van der Waals surface area contributed by atoms with Gasteiger partial charge in [0.25, 0.3) is 0 Å². The highest BCUT2D eigenvalue weighted by Crippen LogP contribution is 2.27. The van der Waals surface area contributed by atoms with Crippen molar-refractivity contribution >= 4 is 23.0 Å². The molecule has 0 unspecified atom stereocenters. The smallest absolute Gasteiger partial charge is 0.142 e. The van der Waals surface area contributed by atoms with Gasteiger partial charge in [-0.05, 0) is 30.2 Å². The van der Waals surface area contributed by atoms with Gasteiger partial charge in [0.05, 0.1) is 12.8 Å². The molecule has 0 aliphatic heterocycles. The number of hydrogen-bond acceptors (Lipinski definition) is 5. The van der Waals surface area contributed by atoms with Crippen LogP contribution in [-0.4, -0.2) is 17.1 Å². The number of ether oxygens (including phenoxy) is 1. The molecule has 0 saturated heterocycles. The van der Waals surface area contributed by atoms with Gasteiger partial charge in [-0.2, -0.15) is 0 Å². The lowest BCUT2D eigenvalue weighted by Crippen LogP contribution is -2.01. The van der Waals surface area contributed by atoms with Gasteiger partial charge >= 0.3 is 0 Å². The van der Waals surface area contributed by atoms with Crippen LogP contribution in [0.15, 0.2) is 60.9 Å². The summed E-state index contributed by atoms with van der Waals surface area (Å²) in [6, 6.07) is 17.8. The molecule has 0 bridgehead atoms. The second-order valence-corrected chi connectivity index (χ2v) is 5.25. The molecule has 5 nitrogen and oxygen atoms in total. The van der Waals surface area contributed by atoms with Crippen molar-refractivity contribution in [1.82, 2.24) is 9.97 Å². The first-order chi connectivity index (χ1) is 11.8. The van der Waals surface area contributed by atoms with Crippen LogP contribution < -0.4 is 15.4 Å². The zero-order valence-corrected chi connectivity index (χ0v) is 13.8. The average Bonchev–Trinajstić information content (AvgIpc) is 2.63. The molecule has 0 radical (unpaired) electrons. The van der Waals surface area contributed by atoms with Gasteiger partial charge in [0.2, 0.25) is 0 Å². The Morgan fingerprint density at radius 3 is 2.21 bits per heavy atom. The summed E-state index contributed by atoms with van der Waals surface area (Å²) in [6.07, 6.45) is 2.50. The van der Waals surface area contributed by atoms with Gasteiger partial charge in [0.15, 0.2) is 0 Å². The summed E-state index contributed by atoms with van der Waals surface area (Å²) < 4.78 is 5.35. The largest absolute Gasteiger partial charge is 0.495 e. The van der Waals surface area contributed by atoms with Crippen LogP contribution in [0.5, 0.6) is 5.75 Å². The van der Waals surface area contributed by atoms with E-state index in [9.17, 15) is 0 Å². The van der Waals surface area contributed by atoms with Crippen LogP contribution in [-0.2, 0) is 6.42 Å². The van der Waals surface area contributed by atoms with E-state index in [-0.39, 0.29) is 0 Å². The summed E-state index contributed by atoms with van der Waals surface area (Å²) in [5.41, 5.74) is 3.16. The number of para-hydroxylation sites is 3. The highest BCUT2D eigenvalue weighted by molar-refractivity contribution is 5.67. The standard InChI is InChI=1S/C19H20N4O/c1-3-14-8-4-5-9-15(14)22-18-12-19(21-13-20-18)23-16-10-6-7-11-17(16)24-2/h4-13H,3H2,1-2H3,(H2,20,21,22,23). The molecule has 122 valence electrons. The van der Waals surface area contributed by atoms with Crippen molar-refractivity contribution in [1.29, 1.82) is 0 Å². The van der Waals surface area contributed by atoms with Gasteiger partial charge in [-0.15, -0.1) is 0 Å². The van der Waals surface area contributed by atoms with Gasteiger partial charge in [-0.3, -0.25) is 0 Å². The zero-order chi connectivity index (χ0) is 16.8. The monoisotopic (exact) mass is 320 g/mol. The maximum absolute atomic E-state index is 5.35. The molecule has 0 aliphatic carbocycles. The van der Waals surface area contributed by atoms with Crippen LogP contribution in [0.25, 0.3) is 0 Å². The average molecular weight is 320 g/mol. The van der Waals surface area contributed by atoms with E-state index in [1.165, 1.54) is 11.9 Å². The maximum atomic E-state index is 5.35. The SMILES string of the molecule is CCc1ccccc1Nc1cc(Nc2ccccc2OC)ncn1. The second-order valence-electron chi connectivity index (χ2n) is 5.25. The number of hydrogen-bond donors (Lipinski definition) is 2. The third kappa shape index (κ3) is 3.63. The van der Waals surface area contributed by atoms with Crippen molar-refractivity contribution in [2.75, 3.05) is 17.7 Å². The number of nitrogens with zero attached hydrogens (tertiary/aromatic N) is 2. The Kier molecular flexibility index (Phi) is 4.91. The molecule has 1 heterocycles. The lowest BCUT2D eigenvalue weighted by molar-refractivity contribution is 0.417. The third-order valence-corrected chi connectivity index (χ3v) is 3.70. The number of rotatable bonds is 6. The molecule has 3 aromatic rings. The predicted octanol–water partition coefficient (Wildman–Crippen LogP) is 4.53. The molecule has 0 saturated carbocycles. The van der Waals surface area contributed by atoms with Crippen LogP contribution in [0.4, 0.5) is 23.0 Å². The van der Waals surface area contributed by atoms with Crippen molar-refractivity contribution in [3.05, 3.63) is 66.5 Å². The van der Waals surface area contributed by atoms with E-state index in [0.29, 0.717) is 5.82 Å². The third-order valence-electron chi connectivity index (χ3n) is 3.70. The number of benzene rings is 2. The molecule has 2 N–H and O–H groups in total. The Labute approximate surface area is 141 Å². The lowest BCUT2D eigenvalue weighted by Gasteiger charge is -2.12. The van der Waals surface area contributed by atoms with Crippen LogP contribution in [0.3, 0.4) is 0 Å². The van der Waals surface area contributed by atoms with E-state index in [4.69, 9.17) is 4.74 Å². The zero-order valence-electron chi connectivity index (χ0n) is 13.8. The first-order valence-corrected chi connectivity index (χ1v) is 7.87. The summed E-state index contributed by atoms with van der Waals surface area (Å²) in [5.74, 6) is 2.20. The second kappa shape index (κ2) is 7.46. The Morgan fingerprint density at radius 2 is 1.50 bits per heavy atom. The molecule has 0 atom stereocenters. The minimum Gasteiger partial charge on any atom is -0.495 e. The van der Waals surface area contributed by atoms with E-state index >= 15 is 0 Å². The van der Waals surface area contributed by atoms with Gasteiger partial charge in [-0.25, -0.2) is 9.97 Å². The molecule has 1 aromatic heterocycles. The van der Waals surface area contributed by atoms with E-state index in [0.717, 1.165) is 29.4 Å².